The van der Waals surface area contributed by atoms with Crippen molar-refractivity contribution in [3.8, 4) is 17.1 Å². The molecule has 0 aliphatic rings. The Morgan fingerprint density at radius 3 is 2.67 bits per heavy atom. The molecule has 1 N–H and O–H groups in total. The summed E-state index contributed by atoms with van der Waals surface area (Å²) >= 11 is 12.2. The van der Waals surface area contributed by atoms with Gasteiger partial charge >= 0.3 is 0 Å². The molecule has 2 aromatic carbocycles. The molecule has 0 unspecified atom stereocenters. The number of hydrazone groups is 1. The number of nitrogens with one attached hydrogen (secondary N) is 1. The number of benzene rings is 2. The van der Waals surface area contributed by atoms with Crippen LogP contribution in [0.15, 0.2) is 64.1 Å². The zero-order valence-corrected chi connectivity index (χ0v) is 15.9. The molecule has 0 radical (unpaired) electrons. The van der Waals surface area contributed by atoms with Gasteiger partial charge in [0.1, 0.15) is 17.3 Å². The smallest absolute Gasteiger partial charge is 0.271 e. The number of carbonyl (C=O) groups excluding carboxylic acids is 1. The van der Waals surface area contributed by atoms with Gasteiger partial charge in [0.05, 0.1) is 17.8 Å². The van der Waals surface area contributed by atoms with Crippen molar-refractivity contribution in [3.63, 3.8) is 0 Å². The maximum Gasteiger partial charge on any atom is 0.271 e. The van der Waals surface area contributed by atoms with Crippen LogP contribution in [0.2, 0.25) is 10.0 Å². The summed E-state index contributed by atoms with van der Waals surface area (Å²) in [7, 11) is 0. The average molecular weight is 403 g/mol. The second-order valence-corrected chi connectivity index (χ2v) is 6.33. The number of hydrogen-bond acceptors (Lipinski definition) is 4. The summed E-state index contributed by atoms with van der Waals surface area (Å²) in [6.07, 6.45) is 1.41. The van der Waals surface area contributed by atoms with Gasteiger partial charge in [-0.25, -0.2) is 5.43 Å². The molecule has 138 valence electrons. The van der Waals surface area contributed by atoms with Crippen LogP contribution in [0.1, 0.15) is 23.0 Å². The summed E-state index contributed by atoms with van der Waals surface area (Å²) in [6.45, 7) is 2.47. The van der Waals surface area contributed by atoms with Crippen LogP contribution in [0.4, 0.5) is 0 Å². The fraction of sp³-hybridized carbons (Fsp3) is 0.100. The first-order chi connectivity index (χ1) is 13.1. The normalized spacial score (nSPS) is 10.9. The lowest BCUT2D eigenvalue weighted by molar-refractivity contribution is 0.0955. The van der Waals surface area contributed by atoms with E-state index in [0.29, 0.717) is 45.0 Å². The van der Waals surface area contributed by atoms with Crippen LogP contribution in [0.3, 0.4) is 0 Å². The highest BCUT2D eigenvalue weighted by atomic mass is 35.5. The molecule has 1 amide bonds. The average Bonchev–Trinajstić information content (AvgIpc) is 3.13. The van der Waals surface area contributed by atoms with E-state index >= 15 is 0 Å². The predicted molar refractivity (Wildman–Crippen MR) is 107 cm³/mol. The Morgan fingerprint density at radius 1 is 1.15 bits per heavy atom. The summed E-state index contributed by atoms with van der Waals surface area (Å²) in [5.41, 5.74) is 3.61. The Hall–Kier alpha value is -2.76. The third-order valence-corrected chi connectivity index (χ3v) is 4.17. The molecule has 0 saturated carbocycles. The van der Waals surface area contributed by atoms with E-state index in [1.165, 1.54) is 6.21 Å². The molecule has 0 spiro atoms. The third kappa shape index (κ3) is 4.90. The van der Waals surface area contributed by atoms with Crippen molar-refractivity contribution in [2.75, 3.05) is 6.61 Å². The highest BCUT2D eigenvalue weighted by Crippen LogP contribution is 2.31. The molecule has 0 aliphatic carbocycles. The molecule has 0 atom stereocenters. The van der Waals surface area contributed by atoms with E-state index in [1.54, 1.807) is 54.6 Å². The fourth-order valence-electron chi connectivity index (χ4n) is 2.34. The Bertz CT molecular complexity index is 966. The Kier molecular flexibility index (Phi) is 6.16. The first-order valence-corrected chi connectivity index (χ1v) is 8.94. The van der Waals surface area contributed by atoms with Crippen LogP contribution >= 0.6 is 23.2 Å². The molecular formula is C20H16Cl2N2O3. The van der Waals surface area contributed by atoms with Gasteiger partial charge in [0.15, 0.2) is 0 Å². The van der Waals surface area contributed by atoms with Crippen molar-refractivity contribution >= 4 is 35.3 Å². The van der Waals surface area contributed by atoms with Crippen molar-refractivity contribution in [3.05, 3.63) is 76.0 Å². The molecule has 7 heteroatoms. The van der Waals surface area contributed by atoms with Crippen LogP contribution in [0.25, 0.3) is 11.3 Å². The number of halogens is 2. The Balaban J connectivity index is 1.64. The molecule has 5 nitrogen and oxygen atoms in total. The molecule has 3 rings (SSSR count). The number of furan rings is 1. The minimum atomic E-state index is -0.334. The lowest BCUT2D eigenvalue weighted by Gasteiger charge is -2.03. The van der Waals surface area contributed by atoms with E-state index in [9.17, 15) is 4.79 Å². The first-order valence-electron chi connectivity index (χ1n) is 8.18. The quantitative estimate of drug-likeness (QED) is 0.442. The fourth-order valence-corrected chi connectivity index (χ4v) is 2.72. The zero-order chi connectivity index (χ0) is 19.2. The van der Waals surface area contributed by atoms with Crippen LogP contribution in [-0.2, 0) is 0 Å². The van der Waals surface area contributed by atoms with Gasteiger partial charge in [-0.05, 0) is 61.5 Å². The van der Waals surface area contributed by atoms with E-state index in [2.05, 4.69) is 10.5 Å². The monoisotopic (exact) mass is 402 g/mol. The van der Waals surface area contributed by atoms with E-state index in [4.69, 9.17) is 32.4 Å². The zero-order valence-electron chi connectivity index (χ0n) is 14.4. The van der Waals surface area contributed by atoms with Gasteiger partial charge in [-0.1, -0.05) is 23.2 Å². The summed E-state index contributed by atoms with van der Waals surface area (Å²) in [5.74, 6) is 1.40. The number of rotatable bonds is 6. The first kappa shape index (κ1) is 19.0. The molecule has 1 aromatic heterocycles. The van der Waals surface area contributed by atoms with Gasteiger partial charge in [-0.15, -0.1) is 0 Å². The Morgan fingerprint density at radius 2 is 1.93 bits per heavy atom. The standard InChI is InChI=1S/C20H16Cl2N2O3/c1-2-26-15-6-3-13(4-7-15)20(25)24-23-12-16-8-10-19(27-16)17-11-14(21)5-9-18(17)22/h3-12H,2H2,1H3,(H,24,25)/b23-12-. The van der Waals surface area contributed by atoms with Crippen molar-refractivity contribution in [2.24, 2.45) is 5.10 Å². The molecule has 3 aromatic rings. The number of carbonyl (C=O) groups is 1. The van der Waals surface area contributed by atoms with E-state index in [0.717, 1.165) is 0 Å². The predicted octanol–water partition coefficient (Wildman–Crippen LogP) is 5.42. The van der Waals surface area contributed by atoms with E-state index in [-0.39, 0.29) is 5.91 Å². The minimum absolute atomic E-state index is 0.334. The SMILES string of the molecule is CCOc1ccc(C(=O)N/N=C\c2ccc(-c3cc(Cl)ccc3Cl)o2)cc1. The lowest BCUT2D eigenvalue weighted by atomic mass is 10.2. The van der Waals surface area contributed by atoms with E-state index < -0.39 is 0 Å². The van der Waals surface area contributed by atoms with Crippen LogP contribution < -0.4 is 10.2 Å². The van der Waals surface area contributed by atoms with Gasteiger partial charge in [0.25, 0.3) is 5.91 Å². The molecule has 0 bridgehead atoms. The Labute approximate surface area is 166 Å². The molecule has 0 fully saturated rings. The molecule has 0 saturated heterocycles. The van der Waals surface area contributed by atoms with Crippen LogP contribution in [-0.4, -0.2) is 18.7 Å². The number of nitrogens with zero attached hydrogens (tertiary/aromatic N) is 1. The second kappa shape index (κ2) is 8.75. The highest BCUT2D eigenvalue weighted by molar-refractivity contribution is 6.35. The van der Waals surface area contributed by atoms with Crippen molar-refractivity contribution in [1.29, 1.82) is 0 Å². The lowest BCUT2D eigenvalue weighted by Crippen LogP contribution is -2.17. The van der Waals surface area contributed by atoms with E-state index in [1.807, 2.05) is 6.92 Å². The largest absolute Gasteiger partial charge is 0.494 e. The number of amides is 1. The third-order valence-electron chi connectivity index (χ3n) is 3.61. The van der Waals surface area contributed by atoms with Crippen LogP contribution in [0, 0.1) is 0 Å². The summed E-state index contributed by atoms with van der Waals surface area (Å²) < 4.78 is 11.0. The highest BCUT2D eigenvalue weighted by Gasteiger charge is 2.09. The van der Waals surface area contributed by atoms with Crippen LogP contribution in [0.5, 0.6) is 5.75 Å². The minimum Gasteiger partial charge on any atom is -0.494 e. The number of hydrogen-bond donors (Lipinski definition) is 1. The molecular weight excluding hydrogens is 387 g/mol. The van der Waals surface area contributed by atoms with Crippen molar-refractivity contribution in [2.45, 2.75) is 6.92 Å². The van der Waals surface area contributed by atoms with Gasteiger partial charge in [0, 0.05) is 16.1 Å². The van der Waals surface area contributed by atoms with Crippen molar-refractivity contribution in [1.82, 2.24) is 5.43 Å². The van der Waals surface area contributed by atoms with Crippen molar-refractivity contribution < 1.29 is 13.9 Å². The summed E-state index contributed by atoms with van der Waals surface area (Å²) in [5, 5.41) is 5.00. The van der Waals surface area contributed by atoms with Gasteiger partial charge < -0.3 is 9.15 Å². The molecule has 27 heavy (non-hydrogen) atoms. The van der Waals surface area contributed by atoms with Gasteiger partial charge in [-0.2, -0.15) is 5.10 Å². The molecule has 1 heterocycles. The summed E-state index contributed by atoms with van der Waals surface area (Å²) in [6, 6.07) is 15.4. The summed E-state index contributed by atoms with van der Waals surface area (Å²) in [4.78, 5) is 12.1. The second-order valence-electron chi connectivity index (χ2n) is 5.48. The van der Waals surface area contributed by atoms with Gasteiger partial charge in [-0.3, -0.25) is 4.79 Å². The van der Waals surface area contributed by atoms with Gasteiger partial charge in [0.2, 0.25) is 0 Å². The maximum atomic E-state index is 12.1. The maximum absolute atomic E-state index is 12.1. The molecule has 0 aliphatic heterocycles. The topological polar surface area (TPSA) is 63.8 Å². The number of ether oxygens (including phenoxy) is 1.